The third-order valence-electron chi connectivity index (χ3n) is 5.21. The monoisotopic (exact) mass is 369 g/mol. The Morgan fingerprint density at radius 3 is 2.65 bits per heavy atom. The Hall–Kier alpha value is -2.14. The van der Waals surface area contributed by atoms with E-state index in [1.54, 1.807) is 26.0 Å². The van der Waals surface area contributed by atoms with Gasteiger partial charge in [-0.05, 0) is 36.1 Å². The highest BCUT2D eigenvalue weighted by atomic mass is 32.2. The highest BCUT2D eigenvalue weighted by Gasteiger charge is 2.48. The van der Waals surface area contributed by atoms with E-state index >= 15 is 0 Å². The van der Waals surface area contributed by atoms with Gasteiger partial charge in [-0.25, -0.2) is 0 Å². The lowest BCUT2D eigenvalue weighted by molar-refractivity contribution is -0.132. The summed E-state index contributed by atoms with van der Waals surface area (Å²) in [7, 11) is 3.33. The molecule has 1 saturated heterocycles. The van der Waals surface area contributed by atoms with Gasteiger partial charge in [-0.15, -0.1) is 11.8 Å². The van der Waals surface area contributed by atoms with Gasteiger partial charge >= 0.3 is 0 Å². The van der Waals surface area contributed by atoms with Crippen LogP contribution in [0.3, 0.4) is 0 Å². The van der Waals surface area contributed by atoms with Crippen molar-refractivity contribution in [2.24, 2.45) is 5.92 Å². The molecule has 0 bridgehead atoms. The van der Waals surface area contributed by atoms with E-state index < -0.39 is 0 Å². The van der Waals surface area contributed by atoms with E-state index in [4.69, 9.17) is 9.47 Å². The summed E-state index contributed by atoms with van der Waals surface area (Å²) in [5, 5.41) is -0.00965. The zero-order valence-electron chi connectivity index (χ0n) is 15.1. The van der Waals surface area contributed by atoms with Gasteiger partial charge in [-0.3, -0.25) is 4.79 Å². The van der Waals surface area contributed by atoms with E-state index in [0.717, 1.165) is 35.8 Å². The molecule has 1 saturated carbocycles. The molecule has 136 valence electrons. The summed E-state index contributed by atoms with van der Waals surface area (Å²) >= 11 is 1.79. The molecule has 2 aromatic rings. The summed E-state index contributed by atoms with van der Waals surface area (Å²) in [5.41, 5.74) is 2.29. The first-order chi connectivity index (χ1) is 12.7. The smallest absolute Gasteiger partial charge is 0.227 e. The summed E-state index contributed by atoms with van der Waals surface area (Å²) in [6, 6.07) is 16.2. The van der Waals surface area contributed by atoms with Gasteiger partial charge in [0.05, 0.1) is 14.2 Å². The maximum Gasteiger partial charge on any atom is 0.227 e. The van der Waals surface area contributed by atoms with Gasteiger partial charge in [-0.1, -0.05) is 30.3 Å². The second-order valence-corrected chi connectivity index (χ2v) is 7.91. The molecule has 1 aliphatic heterocycles. The molecule has 2 aliphatic rings. The lowest BCUT2D eigenvalue weighted by Crippen LogP contribution is -2.32. The molecule has 4 rings (SSSR count). The first-order valence-electron chi connectivity index (χ1n) is 8.92. The van der Waals surface area contributed by atoms with E-state index in [1.807, 2.05) is 41.3 Å². The Bertz CT molecular complexity index is 795. The number of hydrogen-bond acceptors (Lipinski definition) is 4. The van der Waals surface area contributed by atoms with Gasteiger partial charge in [0, 0.05) is 23.8 Å². The van der Waals surface area contributed by atoms with Gasteiger partial charge in [0.25, 0.3) is 0 Å². The van der Waals surface area contributed by atoms with Crippen LogP contribution in [0.4, 0.5) is 0 Å². The maximum atomic E-state index is 13.2. The zero-order chi connectivity index (χ0) is 18.1. The van der Waals surface area contributed by atoms with Crippen molar-refractivity contribution in [3.05, 3.63) is 59.7 Å². The Balaban J connectivity index is 1.55. The Morgan fingerprint density at radius 1 is 1.12 bits per heavy atom. The number of amides is 1. The van der Waals surface area contributed by atoms with Crippen molar-refractivity contribution in [1.29, 1.82) is 0 Å². The molecule has 0 N–H and O–H groups in total. The van der Waals surface area contributed by atoms with Crippen LogP contribution in [0.1, 0.15) is 28.8 Å². The Morgan fingerprint density at radius 2 is 1.92 bits per heavy atom. The van der Waals surface area contributed by atoms with Crippen molar-refractivity contribution < 1.29 is 14.3 Å². The van der Waals surface area contributed by atoms with Gasteiger partial charge in [0.1, 0.15) is 16.9 Å². The third-order valence-corrected chi connectivity index (χ3v) is 6.45. The summed E-state index contributed by atoms with van der Waals surface area (Å²) < 4.78 is 10.9. The van der Waals surface area contributed by atoms with Gasteiger partial charge in [0.15, 0.2) is 0 Å². The molecule has 0 spiro atoms. The Kier molecular flexibility index (Phi) is 4.81. The highest BCUT2D eigenvalue weighted by molar-refractivity contribution is 7.99. The standard InChI is InChI=1S/C21H23NO3S/c1-24-15-8-9-19(25-2)18(12-15)21-22(10-11-26-21)20(23)17-13-16(17)14-6-4-3-5-7-14/h3-9,12,16-17,21H,10-11,13H2,1-2H3/t16-,17+,21+/m0/s1. The molecule has 0 radical (unpaired) electrons. The lowest BCUT2D eigenvalue weighted by atomic mass is 10.1. The summed E-state index contributed by atoms with van der Waals surface area (Å²) in [6.07, 6.45) is 0.950. The molecule has 1 amide bonds. The normalized spacial score (nSPS) is 24.4. The number of nitrogens with zero attached hydrogens (tertiary/aromatic N) is 1. The minimum absolute atomic E-state index is 0.00965. The Labute approximate surface area is 158 Å². The number of methoxy groups -OCH3 is 2. The van der Waals surface area contributed by atoms with Crippen LogP contribution in [-0.4, -0.2) is 37.3 Å². The van der Waals surface area contributed by atoms with Crippen LogP contribution in [-0.2, 0) is 4.79 Å². The average molecular weight is 369 g/mol. The first-order valence-corrected chi connectivity index (χ1v) is 9.96. The number of hydrogen-bond donors (Lipinski definition) is 0. The van der Waals surface area contributed by atoms with Crippen LogP contribution in [0.2, 0.25) is 0 Å². The fraction of sp³-hybridized carbons (Fsp3) is 0.381. The lowest BCUT2D eigenvalue weighted by Gasteiger charge is -2.26. The molecule has 0 aromatic heterocycles. The number of carbonyl (C=O) groups is 1. The second-order valence-electron chi connectivity index (χ2n) is 6.72. The van der Waals surface area contributed by atoms with Gasteiger partial charge in [0.2, 0.25) is 5.91 Å². The summed E-state index contributed by atoms with van der Waals surface area (Å²) in [6.45, 7) is 0.784. The molecule has 2 fully saturated rings. The minimum Gasteiger partial charge on any atom is -0.497 e. The molecule has 5 heteroatoms. The average Bonchev–Trinajstić information content (AvgIpc) is 3.35. The van der Waals surface area contributed by atoms with E-state index in [2.05, 4.69) is 12.1 Å². The van der Waals surface area contributed by atoms with Crippen molar-refractivity contribution in [2.75, 3.05) is 26.5 Å². The molecule has 1 heterocycles. The quantitative estimate of drug-likeness (QED) is 0.796. The second kappa shape index (κ2) is 7.23. The van der Waals surface area contributed by atoms with Crippen LogP contribution < -0.4 is 9.47 Å². The SMILES string of the molecule is COc1ccc(OC)c([C@H]2SCCN2C(=O)[C@@H]2C[C@H]2c2ccccc2)c1. The largest absolute Gasteiger partial charge is 0.497 e. The molecule has 1 aliphatic carbocycles. The summed E-state index contributed by atoms with van der Waals surface area (Å²) in [5.74, 6) is 3.27. The number of benzene rings is 2. The maximum absolute atomic E-state index is 13.2. The van der Waals surface area contributed by atoms with Crippen molar-refractivity contribution in [3.8, 4) is 11.5 Å². The van der Waals surface area contributed by atoms with Crippen LogP contribution >= 0.6 is 11.8 Å². The van der Waals surface area contributed by atoms with Crippen LogP contribution in [0.15, 0.2) is 48.5 Å². The van der Waals surface area contributed by atoms with Crippen molar-refractivity contribution >= 4 is 17.7 Å². The van der Waals surface area contributed by atoms with E-state index in [-0.39, 0.29) is 17.2 Å². The van der Waals surface area contributed by atoms with Crippen molar-refractivity contribution in [1.82, 2.24) is 4.90 Å². The third kappa shape index (κ3) is 3.16. The predicted octanol–water partition coefficient (Wildman–Crippen LogP) is 4.08. The number of thioether (sulfide) groups is 1. The highest BCUT2D eigenvalue weighted by Crippen LogP contribution is 2.51. The topological polar surface area (TPSA) is 38.8 Å². The molecule has 0 unspecified atom stereocenters. The molecule has 26 heavy (non-hydrogen) atoms. The zero-order valence-corrected chi connectivity index (χ0v) is 15.9. The molecule has 4 nitrogen and oxygen atoms in total. The van der Waals surface area contributed by atoms with Gasteiger partial charge in [-0.2, -0.15) is 0 Å². The first kappa shape index (κ1) is 17.3. The molecular weight excluding hydrogens is 346 g/mol. The number of carbonyl (C=O) groups excluding carboxylic acids is 1. The summed E-state index contributed by atoms with van der Waals surface area (Å²) in [4.78, 5) is 15.2. The molecule has 3 atom stereocenters. The molecule has 2 aromatic carbocycles. The van der Waals surface area contributed by atoms with Crippen molar-refractivity contribution in [2.45, 2.75) is 17.7 Å². The fourth-order valence-corrected chi connectivity index (χ4v) is 5.01. The van der Waals surface area contributed by atoms with Crippen LogP contribution in [0.5, 0.6) is 11.5 Å². The van der Waals surface area contributed by atoms with Crippen LogP contribution in [0, 0.1) is 5.92 Å². The van der Waals surface area contributed by atoms with Gasteiger partial charge < -0.3 is 14.4 Å². The molecular formula is C21H23NO3S. The number of ether oxygens (including phenoxy) is 2. The van der Waals surface area contributed by atoms with E-state index in [0.29, 0.717) is 5.92 Å². The minimum atomic E-state index is -0.00965. The van der Waals surface area contributed by atoms with E-state index in [1.165, 1.54) is 5.56 Å². The number of rotatable bonds is 5. The van der Waals surface area contributed by atoms with Crippen molar-refractivity contribution in [3.63, 3.8) is 0 Å². The fourth-order valence-electron chi connectivity index (χ4n) is 3.74. The predicted molar refractivity (Wildman–Crippen MR) is 104 cm³/mol. The van der Waals surface area contributed by atoms with E-state index in [9.17, 15) is 4.79 Å². The van der Waals surface area contributed by atoms with Crippen LogP contribution in [0.25, 0.3) is 0 Å².